The Morgan fingerprint density at radius 1 is 1.14 bits per heavy atom. The van der Waals surface area contributed by atoms with Gasteiger partial charge in [0.05, 0.1) is 6.61 Å². The molecule has 1 saturated heterocycles. The van der Waals surface area contributed by atoms with E-state index < -0.39 is 0 Å². The molecule has 4 nitrogen and oxygen atoms in total. The van der Waals surface area contributed by atoms with Gasteiger partial charge in [-0.3, -0.25) is 0 Å². The number of rotatable bonds is 5. The zero-order chi connectivity index (χ0) is 15.5. The van der Waals surface area contributed by atoms with Crippen LogP contribution in [0.1, 0.15) is 16.7 Å². The lowest BCUT2D eigenvalue weighted by Gasteiger charge is -2.27. The largest absolute Gasteiger partial charge is 0.395 e. The monoisotopic (exact) mass is 301 g/mol. The van der Waals surface area contributed by atoms with E-state index in [4.69, 9.17) is 0 Å². The number of piperazine rings is 1. The number of aliphatic hydroxyl groups excluding tert-OH is 1. The molecule has 120 valence electrons. The summed E-state index contributed by atoms with van der Waals surface area (Å²) in [6, 6.07) is 4.51. The van der Waals surface area contributed by atoms with Crippen LogP contribution in [0.5, 0.6) is 0 Å². The lowest BCUT2D eigenvalue weighted by molar-refractivity contribution is 0.244. The van der Waals surface area contributed by atoms with E-state index in [1.54, 1.807) is 0 Å². The smallest absolute Gasteiger partial charge is 0.0610 e. The van der Waals surface area contributed by atoms with Gasteiger partial charge in [-0.25, -0.2) is 0 Å². The molecule has 0 radical (unpaired) electrons. The van der Waals surface area contributed by atoms with Gasteiger partial charge in [-0.05, 0) is 43.0 Å². The maximum absolute atomic E-state index is 9.32. The second-order valence-corrected chi connectivity index (χ2v) is 6.39. The number of hydrogen-bond acceptors (Lipinski definition) is 3. The summed E-state index contributed by atoms with van der Waals surface area (Å²) in [4.78, 5) is 2.54. The van der Waals surface area contributed by atoms with Crippen LogP contribution in [0, 0.1) is 13.8 Å². The molecule has 0 atom stereocenters. The Kier molecular flexibility index (Phi) is 4.81. The number of aliphatic hydroxyl groups is 1. The van der Waals surface area contributed by atoms with Gasteiger partial charge in [-0.15, -0.1) is 0 Å². The second-order valence-electron chi connectivity index (χ2n) is 6.39. The molecule has 1 fully saturated rings. The fraction of sp³-hybridized carbons (Fsp3) is 0.556. The predicted octanol–water partition coefficient (Wildman–Crippen LogP) is 1.70. The second kappa shape index (κ2) is 6.82. The van der Waals surface area contributed by atoms with E-state index in [1.165, 1.54) is 27.6 Å². The Morgan fingerprint density at radius 2 is 1.91 bits per heavy atom. The number of benzene rings is 1. The zero-order valence-electron chi connectivity index (χ0n) is 13.7. The van der Waals surface area contributed by atoms with Gasteiger partial charge >= 0.3 is 0 Å². The maximum atomic E-state index is 9.32. The standard InChI is InChI=1S/C18H27N3O/c1-14-11-15(2)18-16(3-6-20-7-4-19-5-8-20)13-21(9-10-22)17(18)12-14/h11-13,19,22H,3-10H2,1-2H3. The highest BCUT2D eigenvalue weighted by Gasteiger charge is 2.14. The van der Waals surface area contributed by atoms with E-state index in [9.17, 15) is 5.11 Å². The molecule has 2 N–H and O–H groups in total. The fourth-order valence-corrected chi connectivity index (χ4v) is 3.61. The predicted molar refractivity (Wildman–Crippen MR) is 91.5 cm³/mol. The Labute approximate surface area is 132 Å². The summed E-state index contributed by atoms with van der Waals surface area (Å²) in [6.45, 7) is 10.8. The fourth-order valence-electron chi connectivity index (χ4n) is 3.61. The first-order valence-electron chi connectivity index (χ1n) is 8.32. The lowest BCUT2D eigenvalue weighted by atomic mass is 10.0. The first kappa shape index (κ1) is 15.5. The number of fused-ring (bicyclic) bond motifs is 1. The van der Waals surface area contributed by atoms with Crippen LogP contribution in [-0.2, 0) is 13.0 Å². The van der Waals surface area contributed by atoms with Crippen LogP contribution >= 0.6 is 0 Å². The van der Waals surface area contributed by atoms with E-state index >= 15 is 0 Å². The third kappa shape index (κ3) is 3.19. The Hall–Kier alpha value is -1.36. The molecule has 0 bridgehead atoms. The van der Waals surface area contributed by atoms with Gasteiger partial charge in [-0.2, -0.15) is 0 Å². The molecule has 3 rings (SSSR count). The van der Waals surface area contributed by atoms with E-state index in [-0.39, 0.29) is 6.61 Å². The van der Waals surface area contributed by atoms with E-state index in [2.05, 4.69) is 47.0 Å². The van der Waals surface area contributed by atoms with Gasteiger partial charge in [0, 0.05) is 56.4 Å². The number of aryl methyl sites for hydroxylation is 2. The number of nitrogens with one attached hydrogen (secondary N) is 1. The number of hydrogen-bond donors (Lipinski definition) is 2. The van der Waals surface area contributed by atoms with Crippen molar-refractivity contribution in [3.05, 3.63) is 35.0 Å². The van der Waals surface area contributed by atoms with Crippen molar-refractivity contribution in [1.82, 2.24) is 14.8 Å². The molecule has 4 heteroatoms. The van der Waals surface area contributed by atoms with Gasteiger partial charge in [0.1, 0.15) is 0 Å². The van der Waals surface area contributed by atoms with Crippen molar-refractivity contribution in [2.24, 2.45) is 0 Å². The Balaban J connectivity index is 1.87. The molecule has 0 saturated carbocycles. The molecule has 1 aliphatic rings. The summed E-state index contributed by atoms with van der Waals surface area (Å²) in [5.74, 6) is 0. The first-order chi connectivity index (χ1) is 10.7. The lowest BCUT2D eigenvalue weighted by Crippen LogP contribution is -2.44. The summed E-state index contributed by atoms with van der Waals surface area (Å²) in [6.07, 6.45) is 3.33. The number of aromatic nitrogens is 1. The molecule has 1 aromatic heterocycles. The average Bonchev–Trinajstić information content (AvgIpc) is 2.85. The average molecular weight is 301 g/mol. The van der Waals surface area contributed by atoms with Crippen molar-refractivity contribution in [3.8, 4) is 0 Å². The van der Waals surface area contributed by atoms with Crippen molar-refractivity contribution < 1.29 is 5.11 Å². The van der Waals surface area contributed by atoms with Crippen molar-refractivity contribution in [3.63, 3.8) is 0 Å². The number of nitrogens with zero attached hydrogens (tertiary/aromatic N) is 2. The summed E-state index contributed by atoms with van der Waals surface area (Å²) in [5.41, 5.74) is 5.32. The van der Waals surface area contributed by atoms with Crippen LogP contribution in [0.4, 0.5) is 0 Å². The van der Waals surface area contributed by atoms with Crippen molar-refractivity contribution in [2.45, 2.75) is 26.8 Å². The van der Waals surface area contributed by atoms with Crippen LogP contribution in [-0.4, -0.2) is 53.9 Å². The van der Waals surface area contributed by atoms with Gasteiger partial charge < -0.3 is 19.9 Å². The minimum Gasteiger partial charge on any atom is -0.395 e. The quantitative estimate of drug-likeness (QED) is 0.883. The summed E-state index contributed by atoms with van der Waals surface area (Å²) >= 11 is 0. The normalized spacial score (nSPS) is 16.5. The molecule has 0 amide bonds. The van der Waals surface area contributed by atoms with Crippen LogP contribution in [0.2, 0.25) is 0 Å². The molecular formula is C18H27N3O. The molecule has 22 heavy (non-hydrogen) atoms. The van der Waals surface area contributed by atoms with E-state index in [0.717, 1.165) is 39.1 Å². The molecule has 2 heterocycles. The Bertz CT molecular complexity index is 641. The first-order valence-corrected chi connectivity index (χ1v) is 8.32. The third-order valence-corrected chi connectivity index (χ3v) is 4.65. The minimum absolute atomic E-state index is 0.188. The van der Waals surface area contributed by atoms with E-state index in [0.29, 0.717) is 6.54 Å². The summed E-state index contributed by atoms with van der Waals surface area (Å²) in [5, 5.41) is 14.1. The highest BCUT2D eigenvalue weighted by Crippen LogP contribution is 2.27. The van der Waals surface area contributed by atoms with Crippen LogP contribution in [0.15, 0.2) is 18.3 Å². The topological polar surface area (TPSA) is 40.4 Å². The minimum atomic E-state index is 0.188. The van der Waals surface area contributed by atoms with Gasteiger partial charge in [-0.1, -0.05) is 6.07 Å². The highest BCUT2D eigenvalue weighted by molar-refractivity contribution is 5.88. The van der Waals surface area contributed by atoms with Crippen molar-refractivity contribution in [2.75, 3.05) is 39.3 Å². The van der Waals surface area contributed by atoms with Gasteiger partial charge in [0.25, 0.3) is 0 Å². The van der Waals surface area contributed by atoms with E-state index in [1.807, 2.05) is 0 Å². The van der Waals surface area contributed by atoms with Crippen LogP contribution in [0.3, 0.4) is 0 Å². The molecule has 0 unspecified atom stereocenters. The zero-order valence-corrected chi connectivity index (χ0v) is 13.7. The SMILES string of the molecule is Cc1cc(C)c2c(CCN3CCNCC3)cn(CCO)c2c1. The van der Waals surface area contributed by atoms with Crippen molar-refractivity contribution in [1.29, 1.82) is 0 Å². The maximum Gasteiger partial charge on any atom is 0.0610 e. The molecule has 0 spiro atoms. The van der Waals surface area contributed by atoms with Gasteiger partial charge in [0.2, 0.25) is 0 Å². The highest BCUT2D eigenvalue weighted by atomic mass is 16.3. The third-order valence-electron chi connectivity index (χ3n) is 4.65. The molecule has 2 aromatic rings. The molecular weight excluding hydrogens is 274 g/mol. The van der Waals surface area contributed by atoms with Crippen LogP contribution in [0.25, 0.3) is 10.9 Å². The van der Waals surface area contributed by atoms with Gasteiger partial charge in [0.15, 0.2) is 0 Å². The summed E-state index contributed by atoms with van der Waals surface area (Å²) < 4.78 is 2.21. The van der Waals surface area contributed by atoms with Crippen LogP contribution < -0.4 is 5.32 Å². The van der Waals surface area contributed by atoms with Crippen molar-refractivity contribution >= 4 is 10.9 Å². The molecule has 1 aliphatic heterocycles. The molecule has 0 aliphatic carbocycles. The Morgan fingerprint density at radius 3 is 2.64 bits per heavy atom. The molecule has 1 aromatic carbocycles. The summed E-state index contributed by atoms with van der Waals surface area (Å²) in [7, 11) is 0.